The molecule has 2 bridgehead atoms. The topological polar surface area (TPSA) is 38.7 Å². The van der Waals surface area contributed by atoms with Crippen molar-refractivity contribution in [1.82, 2.24) is 0 Å². The molecule has 0 aromatic rings. The van der Waals surface area contributed by atoms with E-state index in [0.717, 1.165) is 12.3 Å². The first kappa shape index (κ1) is 14.5. The van der Waals surface area contributed by atoms with Gasteiger partial charge < -0.3 is 4.74 Å². The Bertz CT molecular complexity index is 417. The van der Waals surface area contributed by atoms with Crippen LogP contribution in [0.15, 0.2) is 4.99 Å². The van der Waals surface area contributed by atoms with E-state index in [2.05, 4.69) is 25.8 Å². The molecule has 0 spiro atoms. The number of fused-ring (bicyclic) bond motifs is 2. The van der Waals surface area contributed by atoms with Gasteiger partial charge in [-0.3, -0.25) is 9.79 Å². The third-order valence-electron chi connectivity index (χ3n) is 5.33. The molecule has 3 heteroatoms. The smallest absolute Gasteiger partial charge is 0.328 e. The molecule has 0 radical (unpaired) electrons. The second-order valence-corrected chi connectivity index (χ2v) is 7.84. The van der Waals surface area contributed by atoms with Crippen molar-refractivity contribution in [3.05, 3.63) is 0 Å². The summed E-state index contributed by atoms with van der Waals surface area (Å²) in [4.78, 5) is 16.4. The summed E-state index contributed by atoms with van der Waals surface area (Å²) in [5.74, 6) is 0.513. The summed E-state index contributed by atoms with van der Waals surface area (Å²) >= 11 is 0. The van der Waals surface area contributed by atoms with E-state index in [1.54, 1.807) is 0 Å². The van der Waals surface area contributed by atoms with Crippen molar-refractivity contribution < 1.29 is 9.53 Å². The fraction of sp³-hybridized carbons (Fsp3) is 0.875. The maximum Gasteiger partial charge on any atom is 0.328 e. The minimum atomic E-state index is -0.422. The number of hydrogen-bond donors (Lipinski definition) is 0. The van der Waals surface area contributed by atoms with Crippen molar-refractivity contribution >= 4 is 11.7 Å². The molecule has 2 aliphatic carbocycles. The minimum Gasteiger partial charge on any atom is -0.459 e. The summed E-state index contributed by atoms with van der Waals surface area (Å²) in [6.07, 6.45) is 3.57. The maximum atomic E-state index is 11.8. The molecule has 2 fully saturated rings. The van der Waals surface area contributed by atoms with E-state index in [-0.39, 0.29) is 17.9 Å². The second-order valence-electron chi connectivity index (χ2n) is 7.84. The Morgan fingerprint density at radius 1 is 1.37 bits per heavy atom. The zero-order valence-corrected chi connectivity index (χ0v) is 13.2. The summed E-state index contributed by atoms with van der Waals surface area (Å²) in [7, 11) is 0. The predicted octanol–water partition coefficient (Wildman–Crippen LogP) is 3.62. The standard InChI is InChI=1S/C16H27NO2/c1-14(2,3)19-13(18)10-17-12-9-11-7-8-16(12,6)15(11,4)5/h11H,7-10H2,1-6H3. The van der Waals surface area contributed by atoms with Gasteiger partial charge in [0.25, 0.3) is 0 Å². The number of aliphatic imine (C=N–C) groups is 1. The van der Waals surface area contributed by atoms with Gasteiger partial charge in [-0.05, 0) is 51.4 Å². The van der Waals surface area contributed by atoms with E-state index in [9.17, 15) is 4.79 Å². The van der Waals surface area contributed by atoms with Crippen molar-refractivity contribution in [2.45, 2.75) is 66.4 Å². The zero-order chi connectivity index (χ0) is 14.5. The SMILES string of the molecule is CC(C)(C)OC(=O)CN=C1CC2CCC1(C)C2(C)C. The van der Waals surface area contributed by atoms with Crippen molar-refractivity contribution in [3.63, 3.8) is 0 Å². The van der Waals surface area contributed by atoms with Crippen LogP contribution >= 0.6 is 0 Å². The van der Waals surface area contributed by atoms with Gasteiger partial charge in [0, 0.05) is 11.1 Å². The molecular formula is C16H27NO2. The van der Waals surface area contributed by atoms with Crippen LogP contribution < -0.4 is 0 Å². The largest absolute Gasteiger partial charge is 0.459 e. The highest BCUT2D eigenvalue weighted by Gasteiger charge is 2.59. The summed E-state index contributed by atoms with van der Waals surface area (Å²) in [6.45, 7) is 12.8. The molecule has 0 saturated heterocycles. The van der Waals surface area contributed by atoms with Crippen LogP contribution in [-0.2, 0) is 9.53 Å². The number of esters is 1. The molecule has 3 nitrogen and oxygen atoms in total. The van der Waals surface area contributed by atoms with Gasteiger partial charge in [-0.2, -0.15) is 0 Å². The van der Waals surface area contributed by atoms with Gasteiger partial charge in [-0.1, -0.05) is 20.8 Å². The second kappa shape index (κ2) is 4.32. The highest BCUT2D eigenvalue weighted by atomic mass is 16.6. The molecule has 108 valence electrons. The molecule has 2 saturated carbocycles. The molecule has 0 amide bonds. The Labute approximate surface area is 116 Å². The quantitative estimate of drug-likeness (QED) is 0.715. The Morgan fingerprint density at radius 2 is 2.00 bits per heavy atom. The van der Waals surface area contributed by atoms with Crippen molar-refractivity contribution in [3.8, 4) is 0 Å². The Hall–Kier alpha value is -0.860. The molecule has 19 heavy (non-hydrogen) atoms. The maximum absolute atomic E-state index is 11.8. The molecule has 2 rings (SSSR count). The number of rotatable bonds is 2. The fourth-order valence-corrected chi connectivity index (χ4v) is 3.70. The number of hydrogen-bond acceptors (Lipinski definition) is 3. The third-order valence-corrected chi connectivity index (χ3v) is 5.33. The average molecular weight is 265 g/mol. The Morgan fingerprint density at radius 3 is 2.42 bits per heavy atom. The predicted molar refractivity (Wildman–Crippen MR) is 77.4 cm³/mol. The van der Waals surface area contributed by atoms with Gasteiger partial charge >= 0.3 is 5.97 Å². The number of nitrogens with zero attached hydrogens (tertiary/aromatic N) is 1. The van der Waals surface area contributed by atoms with Crippen LogP contribution in [-0.4, -0.2) is 23.8 Å². The van der Waals surface area contributed by atoms with Gasteiger partial charge in [-0.15, -0.1) is 0 Å². The first-order chi connectivity index (χ1) is 8.56. The van der Waals surface area contributed by atoms with E-state index in [0.29, 0.717) is 5.41 Å². The summed E-state index contributed by atoms with van der Waals surface area (Å²) in [6, 6.07) is 0. The lowest BCUT2D eigenvalue weighted by Crippen LogP contribution is -2.33. The monoisotopic (exact) mass is 265 g/mol. The van der Waals surface area contributed by atoms with Gasteiger partial charge in [0.1, 0.15) is 12.1 Å². The van der Waals surface area contributed by atoms with Crippen LogP contribution in [0.4, 0.5) is 0 Å². The van der Waals surface area contributed by atoms with Crippen LogP contribution in [0.3, 0.4) is 0 Å². The van der Waals surface area contributed by atoms with Crippen molar-refractivity contribution in [1.29, 1.82) is 0 Å². The minimum absolute atomic E-state index is 0.172. The molecule has 0 heterocycles. The van der Waals surface area contributed by atoms with Crippen LogP contribution in [0.5, 0.6) is 0 Å². The van der Waals surface area contributed by atoms with E-state index < -0.39 is 5.60 Å². The average Bonchev–Trinajstić information content (AvgIpc) is 2.56. The van der Waals surface area contributed by atoms with Crippen molar-refractivity contribution in [2.75, 3.05) is 6.54 Å². The lowest BCUT2D eigenvalue weighted by Gasteiger charge is -2.34. The first-order valence-corrected chi connectivity index (χ1v) is 7.32. The van der Waals surface area contributed by atoms with Gasteiger partial charge in [-0.25, -0.2) is 0 Å². The molecule has 0 aromatic heterocycles. The highest BCUT2D eigenvalue weighted by Crippen LogP contribution is 2.63. The molecular weight excluding hydrogens is 238 g/mol. The van der Waals surface area contributed by atoms with E-state index in [1.807, 2.05) is 20.8 Å². The van der Waals surface area contributed by atoms with E-state index in [1.165, 1.54) is 18.6 Å². The van der Waals surface area contributed by atoms with Crippen molar-refractivity contribution in [2.24, 2.45) is 21.7 Å². The fourth-order valence-electron chi connectivity index (χ4n) is 3.70. The Kier molecular flexibility index (Phi) is 3.31. The molecule has 2 unspecified atom stereocenters. The number of carbonyl (C=O) groups is 1. The molecule has 2 aliphatic rings. The summed E-state index contributed by atoms with van der Waals surface area (Å²) in [5, 5.41) is 0. The Balaban J connectivity index is 2.05. The molecule has 0 N–H and O–H groups in total. The number of carbonyl (C=O) groups excluding carboxylic acids is 1. The van der Waals surface area contributed by atoms with Gasteiger partial charge in [0.15, 0.2) is 0 Å². The summed E-state index contributed by atoms with van der Waals surface area (Å²) < 4.78 is 5.32. The number of ether oxygens (including phenoxy) is 1. The normalized spacial score (nSPS) is 34.8. The van der Waals surface area contributed by atoms with E-state index in [4.69, 9.17) is 4.74 Å². The lowest BCUT2D eigenvalue weighted by atomic mass is 9.70. The highest BCUT2D eigenvalue weighted by molar-refractivity contribution is 5.95. The third kappa shape index (κ3) is 2.44. The first-order valence-electron chi connectivity index (χ1n) is 7.32. The van der Waals surface area contributed by atoms with E-state index >= 15 is 0 Å². The van der Waals surface area contributed by atoms with Crippen LogP contribution in [0.1, 0.15) is 60.8 Å². The van der Waals surface area contributed by atoms with Gasteiger partial charge in [0.2, 0.25) is 0 Å². The summed E-state index contributed by atoms with van der Waals surface area (Å²) in [5.41, 5.74) is 1.31. The zero-order valence-electron chi connectivity index (χ0n) is 13.2. The molecule has 0 aromatic carbocycles. The van der Waals surface area contributed by atoms with Crippen LogP contribution in [0.2, 0.25) is 0 Å². The molecule has 2 atom stereocenters. The van der Waals surface area contributed by atoms with Crippen LogP contribution in [0.25, 0.3) is 0 Å². The van der Waals surface area contributed by atoms with Crippen LogP contribution in [0, 0.1) is 16.7 Å². The lowest BCUT2D eigenvalue weighted by molar-refractivity contribution is -0.152. The molecule has 0 aliphatic heterocycles. The van der Waals surface area contributed by atoms with Gasteiger partial charge in [0.05, 0.1) is 0 Å².